The van der Waals surface area contributed by atoms with Crippen molar-refractivity contribution < 1.29 is 14.6 Å². The Kier molecular flexibility index (Phi) is 6.30. The molecule has 0 spiro atoms. The van der Waals surface area contributed by atoms with E-state index in [0.717, 1.165) is 11.3 Å². The third-order valence-corrected chi connectivity index (χ3v) is 3.61. The summed E-state index contributed by atoms with van der Waals surface area (Å²) in [6.45, 7) is 4.60. The van der Waals surface area contributed by atoms with E-state index in [1.807, 2.05) is 52.2 Å². The van der Waals surface area contributed by atoms with Gasteiger partial charge in [0.05, 0.1) is 24.5 Å². The maximum atomic E-state index is 10.8. The Balaban J connectivity index is 2.04. The molecule has 134 valence electrons. The summed E-state index contributed by atoms with van der Waals surface area (Å²) in [5.41, 5.74) is 1.07. The fourth-order valence-corrected chi connectivity index (χ4v) is 2.37. The smallest absolute Gasteiger partial charge is 0.356 e. The van der Waals surface area contributed by atoms with Crippen LogP contribution in [0.2, 0.25) is 0 Å². The largest absolute Gasteiger partial charge is 0.491 e. The summed E-state index contributed by atoms with van der Waals surface area (Å²) < 4.78 is 5.67. The number of aromatic carboxylic acids is 1. The van der Waals surface area contributed by atoms with E-state index in [1.165, 1.54) is 12.4 Å². The average Bonchev–Trinajstić information content (AvgIpc) is 2.56. The first-order valence-corrected chi connectivity index (χ1v) is 8.09. The molecule has 0 fully saturated rings. The molecule has 7 heteroatoms. The number of hydrogen-bond donors (Lipinski definition) is 2. The molecule has 2 N–H and O–H groups in total. The lowest BCUT2D eigenvalue weighted by Crippen LogP contribution is -2.27. The number of carboxylic acids is 1. The minimum atomic E-state index is -1.09. The van der Waals surface area contributed by atoms with E-state index in [1.54, 1.807) is 0 Å². The maximum Gasteiger partial charge on any atom is 0.356 e. The predicted molar refractivity (Wildman–Crippen MR) is 96.1 cm³/mol. The fourth-order valence-electron chi connectivity index (χ4n) is 2.37. The average molecular weight is 344 g/mol. The number of carbonyl (C=O) groups is 1. The maximum absolute atomic E-state index is 10.8. The molecular weight excluding hydrogens is 320 g/mol. The van der Waals surface area contributed by atoms with Gasteiger partial charge in [-0.2, -0.15) is 0 Å². The van der Waals surface area contributed by atoms with E-state index in [2.05, 4.69) is 20.2 Å². The monoisotopic (exact) mass is 344 g/mol. The number of nitrogens with one attached hydrogen (secondary N) is 1. The number of anilines is 1. The van der Waals surface area contributed by atoms with Gasteiger partial charge in [-0.25, -0.2) is 14.8 Å². The van der Waals surface area contributed by atoms with Crippen molar-refractivity contribution in [2.75, 3.05) is 26.0 Å². The molecule has 0 amide bonds. The van der Waals surface area contributed by atoms with Gasteiger partial charge >= 0.3 is 5.97 Å². The SMILES string of the molecule is CC(C)Oc1ccc(C(CNc2cnc(C(=O)O)cn2)N(C)C)cc1. The molecule has 0 aliphatic heterocycles. The summed E-state index contributed by atoms with van der Waals surface area (Å²) in [4.78, 5) is 20.8. The number of rotatable bonds is 8. The first-order valence-electron chi connectivity index (χ1n) is 8.09. The zero-order valence-electron chi connectivity index (χ0n) is 14.9. The first-order chi connectivity index (χ1) is 11.9. The third kappa shape index (κ3) is 5.42. The van der Waals surface area contributed by atoms with Crippen LogP contribution in [0.5, 0.6) is 5.75 Å². The van der Waals surface area contributed by atoms with Crippen LogP contribution in [0.3, 0.4) is 0 Å². The summed E-state index contributed by atoms with van der Waals surface area (Å²) in [5.74, 6) is 0.296. The van der Waals surface area contributed by atoms with Crippen molar-refractivity contribution in [1.82, 2.24) is 14.9 Å². The van der Waals surface area contributed by atoms with Crippen LogP contribution in [0.15, 0.2) is 36.7 Å². The van der Waals surface area contributed by atoms with E-state index in [-0.39, 0.29) is 17.8 Å². The molecule has 1 aromatic carbocycles. The Hall–Kier alpha value is -2.67. The number of aromatic nitrogens is 2. The Morgan fingerprint density at radius 2 is 1.88 bits per heavy atom. The lowest BCUT2D eigenvalue weighted by Gasteiger charge is -2.25. The highest BCUT2D eigenvalue weighted by Crippen LogP contribution is 2.22. The second-order valence-corrected chi connectivity index (χ2v) is 6.19. The molecule has 0 saturated heterocycles. The van der Waals surface area contributed by atoms with Crippen molar-refractivity contribution in [3.8, 4) is 5.75 Å². The third-order valence-electron chi connectivity index (χ3n) is 3.61. The fraction of sp³-hybridized carbons (Fsp3) is 0.389. The number of nitrogens with zero attached hydrogens (tertiary/aromatic N) is 3. The quantitative estimate of drug-likeness (QED) is 0.761. The highest BCUT2D eigenvalue weighted by molar-refractivity contribution is 5.84. The molecule has 1 unspecified atom stereocenters. The second kappa shape index (κ2) is 8.43. The molecular formula is C18H24N4O3. The van der Waals surface area contributed by atoms with Crippen molar-refractivity contribution in [2.24, 2.45) is 0 Å². The predicted octanol–water partition coefficient (Wildman–Crippen LogP) is 2.68. The lowest BCUT2D eigenvalue weighted by molar-refractivity contribution is 0.0690. The van der Waals surface area contributed by atoms with Crippen LogP contribution in [0.4, 0.5) is 5.82 Å². The zero-order valence-corrected chi connectivity index (χ0v) is 14.9. The highest BCUT2D eigenvalue weighted by atomic mass is 16.5. The molecule has 0 bridgehead atoms. The summed E-state index contributed by atoms with van der Waals surface area (Å²) in [6, 6.07) is 8.14. The summed E-state index contributed by atoms with van der Waals surface area (Å²) in [6.07, 6.45) is 2.81. The molecule has 0 aliphatic rings. The highest BCUT2D eigenvalue weighted by Gasteiger charge is 2.15. The van der Waals surface area contributed by atoms with Gasteiger partial charge in [0, 0.05) is 6.54 Å². The van der Waals surface area contributed by atoms with Crippen LogP contribution < -0.4 is 10.1 Å². The molecule has 0 saturated carbocycles. The molecule has 2 aromatic rings. The molecule has 0 aliphatic carbocycles. The van der Waals surface area contributed by atoms with Gasteiger partial charge in [0.25, 0.3) is 0 Å². The van der Waals surface area contributed by atoms with E-state index in [9.17, 15) is 4.79 Å². The Morgan fingerprint density at radius 1 is 1.20 bits per heavy atom. The summed E-state index contributed by atoms with van der Waals surface area (Å²) >= 11 is 0. The van der Waals surface area contributed by atoms with Gasteiger partial charge in [0.1, 0.15) is 11.6 Å². The molecule has 25 heavy (non-hydrogen) atoms. The number of benzene rings is 1. The van der Waals surface area contributed by atoms with Crippen molar-refractivity contribution in [3.05, 3.63) is 47.9 Å². The van der Waals surface area contributed by atoms with Crippen molar-refractivity contribution in [2.45, 2.75) is 26.0 Å². The Bertz CT molecular complexity index is 684. The normalized spacial score (nSPS) is 12.2. The van der Waals surface area contributed by atoms with Gasteiger partial charge in [-0.05, 0) is 45.6 Å². The first kappa shape index (κ1) is 18.7. The van der Waals surface area contributed by atoms with Gasteiger partial charge in [-0.3, -0.25) is 0 Å². The van der Waals surface area contributed by atoms with Crippen LogP contribution in [-0.4, -0.2) is 52.7 Å². The van der Waals surface area contributed by atoms with Crippen molar-refractivity contribution >= 4 is 11.8 Å². The van der Waals surface area contributed by atoms with E-state index >= 15 is 0 Å². The van der Waals surface area contributed by atoms with Gasteiger partial charge in [-0.1, -0.05) is 12.1 Å². The van der Waals surface area contributed by atoms with Crippen molar-refractivity contribution in [1.29, 1.82) is 0 Å². The van der Waals surface area contributed by atoms with Gasteiger partial charge in [0.15, 0.2) is 5.69 Å². The molecule has 1 atom stereocenters. The van der Waals surface area contributed by atoms with Gasteiger partial charge in [0.2, 0.25) is 0 Å². The van der Waals surface area contributed by atoms with Crippen LogP contribution in [0.25, 0.3) is 0 Å². The standard InChI is InChI=1S/C18H24N4O3/c1-12(2)25-14-7-5-13(6-8-14)16(22(3)4)10-21-17-11-19-15(9-20-17)18(23)24/h5-9,11-12,16H,10H2,1-4H3,(H,20,21)(H,23,24). The molecule has 7 nitrogen and oxygen atoms in total. The topological polar surface area (TPSA) is 87.6 Å². The number of likely N-dealkylation sites (N-methyl/N-ethyl adjacent to an activating group) is 1. The van der Waals surface area contributed by atoms with E-state index < -0.39 is 5.97 Å². The Labute approximate surface area is 147 Å². The van der Waals surface area contributed by atoms with Crippen LogP contribution >= 0.6 is 0 Å². The number of ether oxygens (including phenoxy) is 1. The van der Waals surface area contributed by atoms with Gasteiger partial charge in [-0.15, -0.1) is 0 Å². The molecule has 1 heterocycles. The van der Waals surface area contributed by atoms with Crippen molar-refractivity contribution in [3.63, 3.8) is 0 Å². The van der Waals surface area contributed by atoms with E-state index in [0.29, 0.717) is 12.4 Å². The molecule has 2 rings (SSSR count). The number of hydrogen-bond acceptors (Lipinski definition) is 6. The van der Waals surface area contributed by atoms with E-state index in [4.69, 9.17) is 9.84 Å². The Morgan fingerprint density at radius 3 is 2.36 bits per heavy atom. The second-order valence-electron chi connectivity index (χ2n) is 6.19. The van der Waals surface area contributed by atoms with Crippen LogP contribution in [0, 0.1) is 0 Å². The molecule has 1 aromatic heterocycles. The van der Waals surface area contributed by atoms with Crippen LogP contribution in [0.1, 0.15) is 35.9 Å². The van der Waals surface area contributed by atoms with Crippen LogP contribution in [-0.2, 0) is 0 Å². The number of carboxylic acid groups (broad SMARTS) is 1. The summed E-state index contributed by atoms with van der Waals surface area (Å²) in [7, 11) is 4.01. The lowest BCUT2D eigenvalue weighted by atomic mass is 10.1. The minimum absolute atomic E-state index is 0.0737. The minimum Gasteiger partial charge on any atom is -0.491 e. The molecule has 0 radical (unpaired) electrons. The summed E-state index contributed by atoms with van der Waals surface area (Å²) in [5, 5.41) is 12.1. The van der Waals surface area contributed by atoms with Gasteiger partial charge < -0.3 is 20.1 Å². The zero-order chi connectivity index (χ0) is 18.4.